The Hall–Kier alpha value is -2.17. The van der Waals surface area contributed by atoms with Gasteiger partial charge in [-0.05, 0) is 25.0 Å². The third-order valence-corrected chi connectivity index (χ3v) is 4.39. The Balaban J connectivity index is 1.83. The Morgan fingerprint density at radius 1 is 1.48 bits per heavy atom. The standard InChI is InChI=1S/C14H16N6S/c15-8-11-13(19-12-5-1-2-6-17-12)21-14(18-11)20-7-3-4-10(16)9-20/h1-2,5-6,10H,3-4,7,9,16H2,(H,17,19). The van der Waals surface area contributed by atoms with Crippen molar-refractivity contribution in [2.24, 2.45) is 5.73 Å². The number of hydrogen-bond donors (Lipinski definition) is 2. The average molecular weight is 300 g/mol. The Labute approximate surface area is 127 Å². The van der Waals surface area contributed by atoms with E-state index in [1.165, 1.54) is 11.3 Å². The first-order chi connectivity index (χ1) is 10.3. The normalized spacial score (nSPS) is 18.3. The Morgan fingerprint density at radius 2 is 2.38 bits per heavy atom. The van der Waals surface area contributed by atoms with Crippen LogP contribution < -0.4 is 16.0 Å². The highest BCUT2D eigenvalue weighted by molar-refractivity contribution is 7.19. The molecule has 1 saturated heterocycles. The Morgan fingerprint density at radius 3 is 3.10 bits per heavy atom. The van der Waals surface area contributed by atoms with Gasteiger partial charge in [-0.3, -0.25) is 0 Å². The fourth-order valence-electron chi connectivity index (χ4n) is 2.34. The number of nitrogens with one attached hydrogen (secondary N) is 1. The second kappa shape index (κ2) is 6.08. The Bertz CT molecular complexity index is 647. The number of nitrogens with two attached hydrogens (primary N) is 1. The van der Waals surface area contributed by atoms with E-state index < -0.39 is 0 Å². The smallest absolute Gasteiger partial charge is 0.188 e. The number of thiazole rings is 1. The summed E-state index contributed by atoms with van der Waals surface area (Å²) in [7, 11) is 0. The number of nitrogens with zero attached hydrogens (tertiary/aromatic N) is 4. The van der Waals surface area contributed by atoms with E-state index in [1.54, 1.807) is 6.20 Å². The van der Waals surface area contributed by atoms with Crippen molar-refractivity contribution in [2.75, 3.05) is 23.3 Å². The molecule has 2 aromatic heterocycles. The van der Waals surface area contributed by atoms with Gasteiger partial charge in [0.15, 0.2) is 10.8 Å². The third kappa shape index (κ3) is 3.12. The minimum Gasteiger partial charge on any atom is -0.346 e. The summed E-state index contributed by atoms with van der Waals surface area (Å²) in [5, 5.41) is 14.0. The molecule has 21 heavy (non-hydrogen) atoms. The highest BCUT2D eigenvalue weighted by atomic mass is 32.1. The van der Waals surface area contributed by atoms with Crippen LogP contribution in [-0.4, -0.2) is 29.1 Å². The largest absolute Gasteiger partial charge is 0.346 e. The van der Waals surface area contributed by atoms with Gasteiger partial charge in [0, 0.05) is 25.3 Å². The number of anilines is 3. The van der Waals surface area contributed by atoms with Crippen LogP contribution in [0.1, 0.15) is 18.5 Å². The molecule has 1 aliphatic rings. The predicted octanol–water partition coefficient (Wildman–Crippen LogP) is 2.08. The van der Waals surface area contributed by atoms with E-state index in [0.717, 1.165) is 36.1 Å². The van der Waals surface area contributed by atoms with Gasteiger partial charge in [-0.25, -0.2) is 9.97 Å². The number of rotatable bonds is 3. The Kier molecular flexibility index (Phi) is 3.99. The molecule has 3 heterocycles. The second-order valence-electron chi connectivity index (χ2n) is 4.97. The highest BCUT2D eigenvalue weighted by Crippen LogP contribution is 2.33. The van der Waals surface area contributed by atoms with Crippen LogP contribution >= 0.6 is 11.3 Å². The van der Waals surface area contributed by atoms with Crippen LogP contribution in [0.15, 0.2) is 24.4 Å². The summed E-state index contributed by atoms with van der Waals surface area (Å²) in [6.07, 6.45) is 3.82. The first-order valence-electron chi connectivity index (χ1n) is 6.86. The van der Waals surface area contributed by atoms with E-state index >= 15 is 0 Å². The van der Waals surface area contributed by atoms with Crippen molar-refractivity contribution < 1.29 is 0 Å². The molecular weight excluding hydrogens is 284 g/mol. The molecule has 0 aromatic carbocycles. The zero-order valence-corrected chi connectivity index (χ0v) is 12.3. The first kappa shape index (κ1) is 13.8. The third-order valence-electron chi connectivity index (χ3n) is 3.36. The molecule has 1 aliphatic heterocycles. The van der Waals surface area contributed by atoms with Crippen molar-refractivity contribution >= 4 is 27.3 Å². The van der Waals surface area contributed by atoms with Gasteiger partial charge in [0.05, 0.1) is 0 Å². The molecule has 0 amide bonds. The summed E-state index contributed by atoms with van der Waals surface area (Å²) in [5.41, 5.74) is 6.41. The first-order valence-corrected chi connectivity index (χ1v) is 7.67. The van der Waals surface area contributed by atoms with E-state index in [4.69, 9.17) is 5.73 Å². The summed E-state index contributed by atoms with van der Waals surface area (Å²) in [6, 6.07) is 7.92. The molecular formula is C14H16N6S. The minimum absolute atomic E-state index is 0.181. The van der Waals surface area contributed by atoms with Crippen molar-refractivity contribution in [1.29, 1.82) is 5.26 Å². The zero-order chi connectivity index (χ0) is 14.7. The van der Waals surface area contributed by atoms with Crippen LogP contribution in [0.4, 0.5) is 16.0 Å². The summed E-state index contributed by atoms with van der Waals surface area (Å²) >= 11 is 1.47. The summed E-state index contributed by atoms with van der Waals surface area (Å²) in [5.74, 6) is 0.708. The molecule has 0 spiro atoms. The predicted molar refractivity (Wildman–Crippen MR) is 83.8 cm³/mol. The van der Waals surface area contributed by atoms with E-state index in [9.17, 15) is 5.26 Å². The van der Waals surface area contributed by atoms with Crippen LogP contribution in [0, 0.1) is 11.3 Å². The molecule has 0 saturated carbocycles. The lowest BCUT2D eigenvalue weighted by molar-refractivity contribution is 0.505. The lowest BCUT2D eigenvalue weighted by atomic mass is 10.1. The zero-order valence-electron chi connectivity index (χ0n) is 11.5. The van der Waals surface area contributed by atoms with Crippen LogP contribution in [0.2, 0.25) is 0 Å². The number of nitriles is 1. The number of pyridine rings is 1. The van der Waals surface area contributed by atoms with Crippen LogP contribution in [-0.2, 0) is 0 Å². The molecule has 7 heteroatoms. The molecule has 3 N–H and O–H groups in total. The molecule has 1 fully saturated rings. The fraction of sp³-hybridized carbons (Fsp3) is 0.357. The van der Waals surface area contributed by atoms with E-state index in [1.807, 2.05) is 18.2 Å². The fourth-order valence-corrected chi connectivity index (χ4v) is 3.30. The van der Waals surface area contributed by atoms with Crippen LogP contribution in [0.5, 0.6) is 0 Å². The average Bonchev–Trinajstić information content (AvgIpc) is 2.91. The van der Waals surface area contributed by atoms with E-state index in [2.05, 4.69) is 26.3 Å². The maximum Gasteiger partial charge on any atom is 0.188 e. The molecule has 1 atom stereocenters. The lowest BCUT2D eigenvalue weighted by Crippen LogP contribution is -2.42. The molecule has 3 rings (SSSR count). The molecule has 2 aromatic rings. The van der Waals surface area contributed by atoms with Gasteiger partial charge in [-0.2, -0.15) is 5.26 Å². The number of piperidine rings is 1. The maximum atomic E-state index is 9.25. The molecule has 108 valence electrons. The SMILES string of the molecule is N#Cc1nc(N2CCCC(N)C2)sc1Nc1ccccn1. The van der Waals surface area contributed by atoms with Crippen molar-refractivity contribution in [3.63, 3.8) is 0 Å². The van der Waals surface area contributed by atoms with Gasteiger partial charge in [0.1, 0.15) is 16.9 Å². The molecule has 0 bridgehead atoms. The van der Waals surface area contributed by atoms with E-state index in [0.29, 0.717) is 11.5 Å². The molecule has 6 nitrogen and oxygen atoms in total. The number of hydrogen-bond acceptors (Lipinski definition) is 7. The van der Waals surface area contributed by atoms with Crippen LogP contribution in [0.25, 0.3) is 0 Å². The van der Waals surface area contributed by atoms with Gasteiger partial charge in [-0.15, -0.1) is 0 Å². The van der Waals surface area contributed by atoms with Crippen molar-refractivity contribution in [3.8, 4) is 6.07 Å². The van der Waals surface area contributed by atoms with Crippen LogP contribution in [0.3, 0.4) is 0 Å². The highest BCUT2D eigenvalue weighted by Gasteiger charge is 2.21. The van der Waals surface area contributed by atoms with E-state index in [-0.39, 0.29) is 6.04 Å². The molecule has 0 radical (unpaired) electrons. The minimum atomic E-state index is 0.181. The second-order valence-corrected chi connectivity index (χ2v) is 5.95. The quantitative estimate of drug-likeness (QED) is 0.902. The van der Waals surface area contributed by atoms with Gasteiger partial charge < -0.3 is 16.0 Å². The summed E-state index contributed by atoms with van der Waals surface area (Å²) in [4.78, 5) is 10.8. The van der Waals surface area contributed by atoms with Crippen molar-refractivity contribution in [2.45, 2.75) is 18.9 Å². The van der Waals surface area contributed by atoms with Gasteiger partial charge in [0.2, 0.25) is 0 Å². The monoisotopic (exact) mass is 300 g/mol. The number of aromatic nitrogens is 2. The topological polar surface area (TPSA) is 90.9 Å². The summed E-state index contributed by atoms with van der Waals surface area (Å²) < 4.78 is 0. The van der Waals surface area contributed by atoms with Crippen molar-refractivity contribution in [1.82, 2.24) is 9.97 Å². The molecule has 1 unspecified atom stereocenters. The maximum absolute atomic E-state index is 9.25. The van der Waals surface area contributed by atoms with Gasteiger partial charge in [-0.1, -0.05) is 17.4 Å². The molecule has 0 aliphatic carbocycles. The lowest BCUT2D eigenvalue weighted by Gasteiger charge is -2.30. The van der Waals surface area contributed by atoms with Gasteiger partial charge in [0.25, 0.3) is 0 Å². The summed E-state index contributed by atoms with van der Waals surface area (Å²) in [6.45, 7) is 1.73. The van der Waals surface area contributed by atoms with Gasteiger partial charge >= 0.3 is 0 Å². The van der Waals surface area contributed by atoms with Crippen molar-refractivity contribution in [3.05, 3.63) is 30.1 Å².